The third-order valence-corrected chi connectivity index (χ3v) is 7.33. The topological polar surface area (TPSA) is 173 Å². The predicted molar refractivity (Wildman–Crippen MR) is 122 cm³/mol. The van der Waals surface area contributed by atoms with E-state index in [0.717, 1.165) is 28.6 Å². The van der Waals surface area contributed by atoms with Crippen LogP contribution in [0.2, 0.25) is 0 Å². The van der Waals surface area contributed by atoms with Crippen molar-refractivity contribution < 1.29 is 32.2 Å². The molecule has 0 spiro atoms. The van der Waals surface area contributed by atoms with E-state index in [0.29, 0.717) is 5.56 Å². The maximum atomic E-state index is 13.7. The lowest BCUT2D eigenvalue weighted by Gasteiger charge is -2.38. The number of phosphoric ester groups is 1. The van der Waals surface area contributed by atoms with Crippen molar-refractivity contribution in [2.24, 2.45) is 11.7 Å². The van der Waals surface area contributed by atoms with Crippen molar-refractivity contribution in [3.05, 3.63) is 70.3 Å². The van der Waals surface area contributed by atoms with Crippen LogP contribution in [0.15, 0.2) is 59.5 Å². The Morgan fingerprint density at radius 1 is 1.09 bits per heavy atom. The number of benzene rings is 2. The summed E-state index contributed by atoms with van der Waals surface area (Å²) >= 11 is 0. The van der Waals surface area contributed by atoms with E-state index in [1.807, 2.05) is 13.8 Å². The van der Waals surface area contributed by atoms with Gasteiger partial charge in [0.25, 0.3) is 5.69 Å². The molecule has 0 aliphatic rings. The summed E-state index contributed by atoms with van der Waals surface area (Å²) < 4.78 is 44.7. The van der Waals surface area contributed by atoms with E-state index in [-0.39, 0.29) is 23.0 Å². The minimum atomic E-state index is -4.89. The second kappa shape index (κ2) is 10.8. The molecule has 0 bridgehead atoms. The molecule has 0 heterocycles. The second-order valence-electron chi connectivity index (χ2n) is 7.95. The van der Waals surface area contributed by atoms with Gasteiger partial charge in [0.05, 0.1) is 28.0 Å². The van der Waals surface area contributed by atoms with Gasteiger partial charge in [0.2, 0.25) is 10.0 Å². The molecule has 1 unspecified atom stereocenters. The van der Waals surface area contributed by atoms with Crippen molar-refractivity contribution in [1.82, 2.24) is 4.31 Å². The summed E-state index contributed by atoms with van der Waals surface area (Å²) in [5, 5.41) is 11.0. The number of nitro groups is 1. The van der Waals surface area contributed by atoms with Gasteiger partial charge in [-0.3, -0.25) is 14.6 Å². The number of non-ortho nitro benzene ring substituents is 1. The van der Waals surface area contributed by atoms with E-state index in [1.165, 1.54) is 6.92 Å². The zero-order chi connectivity index (χ0) is 25.0. The van der Waals surface area contributed by atoms with Crippen LogP contribution in [0.4, 0.5) is 5.69 Å². The summed E-state index contributed by atoms with van der Waals surface area (Å²) in [6.45, 7) is 4.99. The SMILES string of the molecule is CC(C)CN(C(c1ccccc1)[C@@H](N)[C@@H](C)OP(=O)(O)O)S(=O)(=O)c1ccc([N+](=O)[O-])cc1. The average molecular weight is 501 g/mol. The fourth-order valence-electron chi connectivity index (χ4n) is 3.37. The summed E-state index contributed by atoms with van der Waals surface area (Å²) in [5.41, 5.74) is 6.59. The Kier molecular flexibility index (Phi) is 8.88. The Hall–Kier alpha value is -2.18. The first-order valence-electron chi connectivity index (χ1n) is 10.0. The first kappa shape index (κ1) is 27.1. The second-order valence-corrected chi connectivity index (χ2v) is 11.0. The number of nitro benzene ring substituents is 1. The Bertz CT molecular complexity index is 1090. The molecule has 13 heteroatoms. The Balaban J connectivity index is 2.62. The number of hydrogen-bond acceptors (Lipinski definition) is 7. The van der Waals surface area contributed by atoms with Crippen LogP contribution in [-0.2, 0) is 19.1 Å². The van der Waals surface area contributed by atoms with Gasteiger partial charge in [0, 0.05) is 18.7 Å². The molecule has 3 atom stereocenters. The smallest absolute Gasteiger partial charge is 0.324 e. The molecular weight excluding hydrogens is 473 g/mol. The fraction of sp³-hybridized carbons (Fsp3) is 0.400. The molecular formula is C20H28N3O8PS. The molecule has 0 saturated heterocycles. The summed E-state index contributed by atoms with van der Waals surface area (Å²) in [5.74, 6) is -0.144. The highest BCUT2D eigenvalue weighted by Crippen LogP contribution is 2.40. The van der Waals surface area contributed by atoms with Crippen molar-refractivity contribution in [3.8, 4) is 0 Å². The number of hydrogen-bond donors (Lipinski definition) is 3. The molecule has 0 amide bonds. The van der Waals surface area contributed by atoms with Gasteiger partial charge < -0.3 is 15.5 Å². The minimum Gasteiger partial charge on any atom is -0.324 e. The zero-order valence-corrected chi connectivity index (χ0v) is 20.1. The van der Waals surface area contributed by atoms with E-state index in [1.54, 1.807) is 30.3 Å². The van der Waals surface area contributed by atoms with Crippen molar-refractivity contribution >= 4 is 23.5 Å². The quantitative estimate of drug-likeness (QED) is 0.238. The van der Waals surface area contributed by atoms with Crippen LogP contribution in [-0.4, -0.2) is 46.1 Å². The molecule has 0 aliphatic carbocycles. The predicted octanol–water partition coefficient (Wildman–Crippen LogP) is 2.81. The maximum Gasteiger partial charge on any atom is 0.469 e. The molecule has 0 aliphatic heterocycles. The first-order chi connectivity index (χ1) is 15.2. The van der Waals surface area contributed by atoms with Crippen LogP contribution in [0.1, 0.15) is 32.4 Å². The highest BCUT2D eigenvalue weighted by molar-refractivity contribution is 7.89. The van der Waals surface area contributed by atoms with E-state index in [4.69, 9.17) is 10.3 Å². The van der Waals surface area contributed by atoms with Crippen molar-refractivity contribution in [3.63, 3.8) is 0 Å². The third kappa shape index (κ3) is 7.15. The number of sulfonamides is 1. The normalized spacial score (nSPS) is 15.4. The molecule has 4 N–H and O–H groups in total. The molecule has 182 valence electrons. The van der Waals surface area contributed by atoms with E-state index >= 15 is 0 Å². The lowest BCUT2D eigenvalue weighted by Crippen LogP contribution is -2.50. The zero-order valence-electron chi connectivity index (χ0n) is 18.4. The van der Waals surface area contributed by atoms with Gasteiger partial charge in [-0.15, -0.1) is 0 Å². The Labute approximate surface area is 192 Å². The van der Waals surface area contributed by atoms with Crippen molar-refractivity contribution in [2.45, 2.75) is 43.9 Å². The van der Waals surface area contributed by atoms with Gasteiger partial charge >= 0.3 is 7.82 Å². The van der Waals surface area contributed by atoms with Crippen LogP contribution in [0, 0.1) is 16.0 Å². The Morgan fingerprint density at radius 2 is 1.64 bits per heavy atom. The Morgan fingerprint density at radius 3 is 2.09 bits per heavy atom. The van der Waals surface area contributed by atoms with E-state index in [9.17, 15) is 32.9 Å². The number of nitrogens with zero attached hydrogens (tertiary/aromatic N) is 2. The third-order valence-electron chi connectivity index (χ3n) is 4.86. The summed E-state index contributed by atoms with van der Waals surface area (Å²) in [6.07, 6.45) is -1.21. The average Bonchev–Trinajstić information content (AvgIpc) is 2.72. The lowest BCUT2D eigenvalue weighted by molar-refractivity contribution is -0.384. The van der Waals surface area contributed by atoms with E-state index < -0.39 is 41.0 Å². The highest BCUT2D eigenvalue weighted by Gasteiger charge is 2.40. The van der Waals surface area contributed by atoms with Crippen LogP contribution in [0.5, 0.6) is 0 Å². The molecule has 0 radical (unpaired) electrons. The fourth-order valence-corrected chi connectivity index (χ4v) is 5.75. The number of rotatable bonds is 11. The molecule has 0 saturated carbocycles. The maximum absolute atomic E-state index is 13.7. The summed E-state index contributed by atoms with van der Waals surface area (Å²) in [6, 6.07) is 10.7. The van der Waals surface area contributed by atoms with Crippen molar-refractivity contribution in [1.29, 1.82) is 0 Å². The molecule has 2 aromatic rings. The summed E-state index contributed by atoms with van der Waals surface area (Å²) in [4.78, 5) is 28.6. The van der Waals surface area contributed by atoms with Crippen LogP contribution in [0.3, 0.4) is 0 Å². The van der Waals surface area contributed by atoms with Crippen molar-refractivity contribution in [2.75, 3.05) is 6.54 Å². The van der Waals surface area contributed by atoms with Gasteiger partial charge in [-0.05, 0) is 30.5 Å². The van der Waals surface area contributed by atoms with Crippen LogP contribution >= 0.6 is 7.82 Å². The molecule has 11 nitrogen and oxygen atoms in total. The van der Waals surface area contributed by atoms with Gasteiger partial charge in [-0.1, -0.05) is 44.2 Å². The molecule has 2 aromatic carbocycles. The van der Waals surface area contributed by atoms with Crippen LogP contribution < -0.4 is 5.73 Å². The minimum absolute atomic E-state index is 0.0230. The number of nitrogens with two attached hydrogens (primary N) is 1. The highest BCUT2D eigenvalue weighted by atomic mass is 32.2. The molecule has 0 fully saturated rings. The van der Waals surface area contributed by atoms with Crippen LogP contribution in [0.25, 0.3) is 0 Å². The monoisotopic (exact) mass is 501 g/mol. The first-order valence-corrected chi connectivity index (χ1v) is 13.0. The van der Waals surface area contributed by atoms with Gasteiger partial charge in [0.1, 0.15) is 0 Å². The van der Waals surface area contributed by atoms with Gasteiger partial charge in [0.15, 0.2) is 0 Å². The lowest BCUT2D eigenvalue weighted by atomic mass is 9.96. The number of phosphoric acid groups is 1. The van der Waals surface area contributed by atoms with Gasteiger partial charge in [-0.2, -0.15) is 4.31 Å². The molecule has 0 aromatic heterocycles. The standard InChI is InChI=1S/C20H28N3O8PS/c1-14(2)13-22(33(29,30)18-11-9-17(10-12-18)23(24)25)20(16-7-5-4-6-8-16)19(21)15(3)31-32(26,27)28/h4-12,14-15,19-20H,13,21H2,1-3H3,(H2,26,27,28)/t15-,19+,20?/m1/s1. The molecule has 33 heavy (non-hydrogen) atoms. The van der Waals surface area contributed by atoms with Gasteiger partial charge in [-0.25, -0.2) is 13.0 Å². The van der Waals surface area contributed by atoms with E-state index in [2.05, 4.69) is 0 Å². The summed E-state index contributed by atoms with van der Waals surface area (Å²) in [7, 11) is -9.12. The largest absolute Gasteiger partial charge is 0.469 e. The molecule has 2 rings (SSSR count).